The summed E-state index contributed by atoms with van der Waals surface area (Å²) in [5, 5.41) is 0. The lowest BCUT2D eigenvalue weighted by Crippen LogP contribution is -2.42. The number of hydrogen-bond donors (Lipinski definition) is 0. The van der Waals surface area contributed by atoms with E-state index in [9.17, 15) is 18.4 Å². The Labute approximate surface area is 109 Å². The van der Waals surface area contributed by atoms with Gasteiger partial charge in [0, 0.05) is 0 Å². The maximum absolute atomic E-state index is 13.8. The molecule has 102 valence electrons. The van der Waals surface area contributed by atoms with Crippen molar-refractivity contribution >= 4 is 17.7 Å². The van der Waals surface area contributed by atoms with Gasteiger partial charge in [-0.25, -0.2) is 9.69 Å². The summed E-state index contributed by atoms with van der Waals surface area (Å²) in [5.41, 5.74) is -1.48. The predicted octanol–water partition coefficient (Wildman–Crippen LogP) is 3.06. The molecule has 0 atom stereocenters. The van der Waals surface area contributed by atoms with E-state index in [1.165, 1.54) is 18.2 Å². The van der Waals surface area contributed by atoms with Gasteiger partial charge in [0.1, 0.15) is 5.60 Å². The maximum atomic E-state index is 13.8. The number of imide groups is 1. The highest BCUT2D eigenvalue weighted by Gasteiger charge is 2.55. The summed E-state index contributed by atoms with van der Waals surface area (Å²) in [6, 6.07) is 5.28. The molecule has 19 heavy (non-hydrogen) atoms. The van der Waals surface area contributed by atoms with E-state index < -0.39 is 29.1 Å². The Morgan fingerprint density at radius 2 is 1.84 bits per heavy atom. The van der Waals surface area contributed by atoms with E-state index >= 15 is 0 Å². The summed E-state index contributed by atoms with van der Waals surface area (Å²) >= 11 is 0. The molecular formula is C13H13F2NO3. The number of carbonyl (C=O) groups excluding carboxylic acids is 2. The van der Waals surface area contributed by atoms with Crippen LogP contribution in [-0.4, -0.2) is 17.6 Å². The first kappa shape index (κ1) is 13.5. The molecule has 0 N–H and O–H groups in total. The molecular weight excluding hydrogens is 256 g/mol. The van der Waals surface area contributed by atoms with Crippen LogP contribution in [0.2, 0.25) is 0 Å². The molecule has 0 fully saturated rings. The Kier molecular flexibility index (Phi) is 2.84. The molecule has 1 aromatic carbocycles. The van der Waals surface area contributed by atoms with Crippen LogP contribution in [0.4, 0.5) is 19.3 Å². The lowest BCUT2D eigenvalue weighted by molar-refractivity contribution is -0.141. The van der Waals surface area contributed by atoms with E-state index in [0.717, 1.165) is 6.07 Å². The van der Waals surface area contributed by atoms with E-state index in [1.54, 1.807) is 20.8 Å². The average molecular weight is 269 g/mol. The zero-order valence-electron chi connectivity index (χ0n) is 10.7. The molecule has 0 spiro atoms. The molecule has 1 aromatic rings. The molecule has 1 aliphatic rings. The van der Waals surface area contributed by atoms with Gasteiger partial charge in [0.2, 0.25) is 0 Å². The number of ether oxygens (including phenoxy) is 1. The molecule has 0 radical (unpaired) electrons. The standard InChI is InChI=1S/C13H13F2NO3/c1-12(2,3)19-11(18)16-9-7-5-4-6-8(9)13(14,15)10(16)17/h4-7H,1-3H3. The molecule has 1 heterocycles. The molecule has 0 bridgehead atoms. The van der Waals surface area contributed by atoms with Crippen molar-refractivity contribution in [1.82, 2.24) is 0 Å². The third-order valence-corrected chi connectivity index (χ3v) is 2.53. The summed E-state index contributed by atoms with van der Waals surface area (Å²) in [5.74, 6) is -5.28. The Morgan fingerprint density at radius 1 is 1.26 bits per heavy atom. The molecule has 0 saturated heterocycles. The molecule has 0 aliphatic carbocycles. The number of benzene rings is 1. The van der Waals surface area contributed by atoms with Crippen LogP contribution >= 0.6 is 0 Å². The van der Waals surface area contributed by atoms with Crippen molar-refractivity contribution < 1.29 is 23.1 Å². The summed E-state index contributed by atoms with van der Waals surface area (Å²) in [6.07, 6.45) is -1.10. The van der Waals surface area contributed by atoms with Crippen LogP contribution in [0.1, 0.15) is 26.3 Å². The number of anilines is 1. The van der Waals surface area contributed by atoms with Crippen molar-refractivity contribution in [2.45, 2.75) is 32.3 Å². The molecule has 0 saturated carbocycles. The number of nitrogens with zero attached hydrogens (tertiary/aromatic N) is 1. The topological polar surface area (TPSA) is 46.6 Å². The molecule has 0 unspecified atom stereocenters. The molecule has 0 aromatic heterocycles. The lowest BCUT2D eigenvalue weighted by atomic mass is 10.1. The van der Waals surface area contributed by atoms with Crippen LogP contribution in [0.3, 0.4) is 0 Å². The van der Waals surface area contributed by atoms with Crippen molar-refractivity contribution in [1.29, 1.82) is 0 Å². The SMILES string of the molecule is CC(C)(C)OC(=O)N1C(=O)C(F)(F)c2ccccc21. The van der Waals surface area contributed by atoms with E-state index in [-0.39, 0.29) is 5.69 Å². The van der Waals surface area contributed by atoms with E-state index in [0.29, 0.717) is 4.90 Å². The molecule has 2 rings (SSSR count). The molecule has 4 nitrogen and oxygen atoms in total. The monoisotopic (exact) mass is 269 g/mol. The largest absolute Gasteiger partial charge is 0.443 e. The average Bonchev–Trinajstić information content (AvgIpc) is 2.46. The van der Waals surface area contributed by atoms with Gasteiger partial charge in [-0.2, -0.15) is 8.78 Å². The predicted molar refractivity (Wildman–Crippen MR) is 64.1 cm³/mol. The van der Waals surface area contributed by atoms with E-state index in [2.05, 4.69) is 0 Å². The number of amides is 2. The van der Waals surface area contributed by atoms with Gasteiger partial charge in [-0.15, -0.1) is 0 Å². The van der Waals surface area contributed by atoms with Crippen LogP contribution in [-0.2, 0) is 15.5 Å². The number of para-hydroxylation sites is 1. The van der Waals surface area contributed by atoms with Crippen LogP contribution in [0, 0.1) is 0 Å². The number of halogens is 2. The van der Waals surface area contributed by atoms with Crippen molar-refractivity contribution in [3.8, 4) is 0 Å². The van der Waals surface area contributed by atoms with Gasteiger partial charge in [0.15, 0.2) is 0 Å². The van der Waals surface area contributed by atoms with Crippen molar-refractivity contribution in [2.75, 3.05) is 4.90 Å². The summed E-state index contributed by atoms with van der Waals surface area (Å²) in [4.78, 5) is 23.9. The number of alkyl halides is 2. The Morgan fingerprint density at radius 3 is 2.42 bits per heavy atom. The second-order valence-corrected chi connectivity index (χ2v) is 5.21. The highest BCUT2D eigenvalue weighted by atomic mass is 19.3. The smallest absolute Gasteiger partial charge is 0.421 e. The normalized spacial score (nSPS) is 17.3. The minimum absolute atomic E-state index is 0.133. The Hall–Kier alpha value is -1.98. The minimum Gasteiger partial charge on any atom is -0.443 e. The van der Waals surface area contributed by atoms with Gasteiger partial charge in [-0.05, 0) is 26.8 Å². The first-order chi connectivity index (χ1) is 8.64. The maximum Gasteiger partial charge on any atom is 0.421 e. The number of carbonyl (C=O) groups is 2. The third-order valence-electron chi connectivity index (χ3n) is 2.53. The Balaban J connectivity index is 2.43. The molecule has 6 heteroatoms. The van der Waals surface area contributed by atoms with Gasteiger partial charge < -0.3 is 4.74 Å². The third kappa shape index (κ3) is 2.18. The fourth-order valence-electron chi connectivity index (χ4n) is 1.79. The van der Waals surface area contributed by atoms with Crippen molar-refractivity contribution in [3.63, 3.8) is 0 Å². The fraction of sp³-hybridized carbons (Fsp3) is 0.385. The van der Waals surface area contributed by atoms with Gasteiger partial charge in [-0.3, -0.25) is 4.79 Å². The number of rotatable bonds is 0. The molecule has 1 aliphatic heterocycles. The zero-order chi connectivity index (χ0) is 14.4. The van der Waals surface area contributed by atoms with Gasteiger partial charge in [0.25, 0.3) is 0 Å². The Bertz CT molecular complexity index is 549. The summed E-state index contributed by atoms with van der Waals surface area (Å²) in [7, 11) is 0. The van der Waals surface area contributed by atoms with Crippen LogP contribution in [0.5, 0.6) is 0 Å². The lowest BCUT2D eigenvalue weighted by Gasteiger charge is -2.23. The quantitative estimate of drug-likeness (QED) is 0.727. The van der Waals surface area contributed by atoms with Crippen LogP contribution in [0.25, 0.3) is 0 Å². The van der Waals surface area contributed by atoms with E-state index in [1.807, 2.05) is 0 Å². The van der Waals surface area contributed by atoms with Crippen LogP contribution in [0.15, 0.2) is 24.3 Å². The van der Waals surface area contributed by atoms with Crippen LogP contribution < -0.4 is 4.90 Å². The fourth-order valence-corrected chi connectivity index (χ4v) is 1.79. The zero-order valence-corrected chi connectivity index (χ0v) is 10.7. The molecule has 2 amide bonds. The van der Waals surface area contributed by atoms with E-state index in [4.69, 9.17) is 4.74 Å². The second-order valence-electron chi connectivity index (χ2n) is 5.21. The number of fused-ring (bicyclic) bond motifs is 1. The number of hydrogen-bond acceptors (Lipinski definition) is 3. The van der Waals surface area contributed by atoms with Gasteiger partial charge in [-0.1, -0.05) is 18.2 Å². The summed E-state index contributed by atoms with van der Waals surface area (Å²) < 4.78 is 32.5. The highest BCUT2D eigenvalue weighted by molar-refractivity contribution is 6.19. The first-order valence-corrected chi connectivity index (χ1v) is 5.69. The second kappa shape index (κ2) is 4.01. The first-order valence-electron chi connectivity index (χ1n) is 5.69. The van der Waals surface area contributed by atoms with Crippen molar-refractivity contribution in [2.24, 2.45) is 0 Å². The van der Waals surface area contributed by atoms with Gasteiger partial charge >= 0.3 is 17.9 Å². The van der Waals surface area contributed by atoms with Gasteiger partial charge in [0.05, 0.1) is 11.3 Å². The summed E-state index contributed by atoms with van der Waals surface area (Å²) in [6.45, 7) is 4.78. The van der Waals surface area contributed by atoms with Crippen molar-refractivity contribution in [3.05, 3.63) is 29.8 Å². The minimum atomic E-state index is -3.70. The highest BCUT2D eigenvalue weighted by Crippen LogP contribution is 2.44.